The van der Waals surface area contributed by atoms with Crippen LogP contribution in [0, 0.1) is 5.82 Å². The molecular weight excluding hydrogens is 489 g/mol. The van der Waals surface area contributed by atoms with Crippen LogP contribution in [-0.2, 0) is 25.2 Å². The molecule has 2 aromatic rings. The summed E-state index contributed by atoms with van der Waals surface area (Å²) in [5.41, 5.74) is 0.619. The van der Waals surface area contributed by atoms with E-state index in [9.17, 15) is 23.0 Å². The molecule has 1 saturated carbocycles. The van der Waals surface area contributed by atoms with Crippen LogP contribution in [0.1, 0.15) is 32.1 Å². The molecule has 0 radical (unpaired) electrons. The largest absolute Gasteiger partial charge is 0.454 e. The molecule has 1 aliphatic carbocycles. The van der Waals surface area contributed by atoms with Crippen LogP contribution in [0.25, 0.3) is 0 Å². The lowest BCUT2D eigenvalue weighted by Crippen LogP contribution is -2.46. The summed E-state index contributed by atoms with van der Waals surface area (Å²) in [6, 6.07) is 10.2. The summed E-state index contributed by atoms with van der Waals surface area (Å²) < 4.78 is 37.0. The normalized spacial score (nSPS) is 15.7. The first kappa shape index (κ1) is 25.6. The topological polar surface area (TPSA) is 114 Å². The average Bonchev–Trinajstić information content (AvgIpc) is 3.31. The Morgan fingerprint density at radius 3 is 2.53 bits per heavy atom. The molecule has 1 heterocycles. The monoisotopic (exact) mass is 517 g/mol. The van der Waals surface area contributed by atoms with Crippen LogP contribution in [0.15, 0.2) is 42.5 Å². The van der Waals surface area contributed by atoms with Crippen molar-refractivity contribution >= 4 is 39.9 Å². The van der Waals surface area contributed by atoms with E-state index in [-0.39, 0.29) is 31.0 Å². The highest BCUT2D eigenvalue weighted by Crippen LogP contribution is 2.34. The Balaban J connectivity index is 1.36. The third-order valence-corrected chi connectivity index (χ3v) is 7.08. The average molecular weight is 518 g/mol. The lowest BCUT2D eigenvalue weighted by Gasteiger charge is -2.26. The molecule has 4 rings (SSSR count). The summed E-state index contributed by atoms with van der Waals surface area (Å²) in [6.45, 7) is -0.237. The number of carbonyl (C=O) groups excluding carboxylic acids is 3. The molecule has 2 N–H and O–H groups in total. The Labute approximate surface area is 210 Å². The van der Waals surface area contributed by atoms with E-state index in [0.29, 0.717) is 17.2 Å². The molecule has 0 spiro atoms. The fourth-order valence-corrected chi connectivity index (χ4v) is 5.11. The van der Waals surface area contributed by atoms with E-state index < -0.39 is 39.9 Å². The van der Waals surface area contributed by atoms with Crippen molar-refractivity contribution in [3.05, 3.63) is 48.3 Å². The maximum atomic E-state index is 13.9. The summed E-state index contributed by atoms with van der Waals surface area (Å²) in [4.78, 5) is 39.2. The molecular formula is C25H28FN3O6S. The number of carbonyl (C=O) groups is 3. The minimum atomic E-state index is -1.86. The van der Waals surface area contributed by atoms with E-state index in [0.717, 1.165) is 43.1 Å². The smallest absolute Gasteiger partial charge is 0.240 e. The van der Waals surface area contributed by atoms with Gasteiger partial charge in [-0.05, 0) is 43.2 Å². The highest BCUT2D eigenvalue weighted by molar-refractivity contribution is 7.86. The number of ether oxygens (including phenoxy) is 2. The third kappa shape index (κ3) is 7.03. The van der Waals surface area contributed by atoms with Crippen LogP contribution in [-0.4, -0.2) is 52.8 Å². The summed E-state index contributed by atoms with van der Waals surface area (Å²) in [5.74, 6) is -2.00. The predicted molar refractivity (Wildman–Crippen MR) is 133 cm³/mol. The van der Waals surface area contributed by atoms with E-state index in [4.69, 9.17) is 9.47 Å². The summed E-state index contributed by atoms with van der Waals surface area (Å²) in [5, 5.41) is 5.55. The van der Waals surface area contributed by atoms with Crippen molar-refractivity contribution in [2.75, 3.05) is 35.1 Å². The lowest BCUT2D eigenvalue weighted by atomic mass is 9.95. The number of anilines is 2. The number of amides is 3. The standard InChI is InChI=1S/C25H28FN3O6S/c26-17-5-4-8-20(11-17)29(13-23(30)27-18-6-2-1-3-7-18)25(32)15-36(33)14-24(31)28-19-9-10-21-22(12-19)35-16-34-21/h4-5,8-12,18H,1-3,6-7,13-16H2,(H,27,30)(H,28,31)/t36-/m1/s1. The molecule has 9 nitrogen and oxygen atoms in total. The van der Waals surface area contributed by atoms with Crippen molar-refractivity contribution in [2.24, 2.45) is 0 Å². The van der Waals surface area contributed by atoms with Gasteiger partial charge in [0.1, 0.15) is 23.9 Å². The first-order valence-electron chi connectivity index (χ1n) is 11.8. The van der Waals surface area contributed by atoms with Gasteiger partial charge in [0.15, 0.2) is 11.5 Å². The minimum Gasteiger partial charge on any atom is -0.454 e. The molecule has 1 aliphatic heterocycles. The van der Waals surface area contributed by atoms with Crippen LogP contribution in [0.2, 0.25) is 0 Å². The highest BCUT2D eigenvalue weighted by Gasteiger charge is 2.24. The predicted octanol–water partition coefficient (Wildman–Crippen LogP) is 2.72. The summed E-state index contributed by atoms with van der Waals surface area (Å²) in [6.07, 6.45) is 4.95. The molecule has 192 valence electrons. The number of hydrogen-bond donors (Lipinski definition) is 2. The van der Waals surface area contributed by atoms with Gasteiger partial charge >= 0.3 is 0 Å². The zero-order valence-electron chi connectivity index (χ0n) is 19.7. The quantitative estimate of drug-likeness (QED) is 0.529. The lowest BCUT2D eigenvalue weighted by molar-refractivity contribution is -0.123. The van der Waals surface area contributed by atoms with Crippen LogP contribution in [0.5, 0.6) is 11.5 Å². The molecule has 3 amide bonds. The molecule has 1 fully saturated rings. The number of halogens is 1. The summed E-state index contributed by atoms with van der Waals surface area (Å²) >= 11 is 0. The molecule has 11 heteroatoms. The van der Waals surface area contributed by atoms with Crippen LogP contribution < -0.4 is 25.0 Å². The van der Waals surface area contributed by atoms with Crippen LogP contribution >= 0.6 is 0 Å². The van der Waals surface area contributed by atoms with Crippen molar-refractivity contribution in [1.29, 1.82) is 0 Å². The van der Waals surface area contributed by atoms with Gasteiger partial charge in [-0.25, -0.2) is 4.39 Å². The van der Waals surface area contributed by atoms with Crippen LogP contribution in [0.3, 0.4) is 0 Å². The van der Waals surface area contributed by atoms with Gasteiger partial charge in [-0.3, -0.25) is 18.6 Å². The van der Waals surface area contributed by atoms with Gasteiger partial charge in [-0.2, -0.15) is 0 Å². The Bertz CT molecular complexity index is 1150. The van der Waals surface area contributed by atoms with Gasteiger partial charge in [-0.1, -0.05) is 25.3 Å². The Morgan fingerprint density at radius 1 is 0.972 bits per heavy atom. The van der Waals surface area contributed by atoms with Gasteiger partial charge in [0.25, 0.3) is 0 Å². The number of nitrogens with one attached hydrogen (secondary N) is 2. The number of nitrogens with zero attached hydrogens (tertiary/aromatic N) is 1. The van der Waals surface area contributed by atoms with E-state index in [1.165, 1.54) is 18.2 Å². The third-order valence-electron chi connectivity index (χ3n) is 5.93. The zero-order valence-corrected chi connectivity index (χ0v) is 20.5. The fraction of sp³-hybridized carbons (Fsp3) is 0.400. The van der Waals surface area contributed by atoms with Gasteiger partial charge in [0, 0.05) is 34.3 Å². The molecule has 0 bridgehead atoms. The van der Waals surface area contributed by atoms with Crippen LogP contribution in [0.4, 0.5) is 15.8 Å². The second kappa shape index (κ2) is 12.0. The molecule has 2 aliphatic rings. The zero-order chi connectivity index (χ0) is 25.5. The van der Waals surface area contributed by atoms with Gasteiger partial charge in [-0.15, -0.1) is 0 Å². The van der Waals surface area contributed by atoms with Crippen molar-refractivity contribution in [1.82, 2.24) is 5.32 Å². The number of rotatable bonds is 9. The second-order valence-corrected chi connectivity index (χ2v) is 10.2. The number of hydrogen-bond acceptors (Lipinski definition) is 6. The molecule has 0 saturated heterocycles. The fourth-order valence-electron chi connectivity index (χ4n) is 4.22. The SMILES string of the molecule is O=C(C[S@@](=O)CC(=O)N(CC(=O)NC1CCCCC1)c1cccc(F)c1)Nc1ccc2c(c1)OCO2. The highest BCUT2D eigenvalue weighted by atomic mass is 32.2. The van der Waals surface area contributed by atoms with E-state index >= 15 is 0 Å². The Hall–Kier alpha value is -3.47. The maximum Gasteiger partial charge on any atom is 0.240 e. The van der Waals surface area contributed by atoms with Crippen molar-refractivity contribution in [2.45, 2.75) is 38.1 Å². The van der Waals surface area contributed by atoms with Crippen molar-refractivity contribution in [3.63, 3.8) is 0 Å². The molecule has 0 aromatic heterocycles. The van der Waals surface area contributed by atoms with Gasteiger partial charge in [0.2, 0.25) is 24.5 Å². The molecule has 0 unspecified atom stereocenters. The van der Waals surface area contributed by atoms with Crippen molar-refractivity contribution < 1.29 is 32.5 Å². The van der Waals surface area contributed by atoms with E-state index in [2.05, 4.69) is 10.6 Å². The molecule has 2 aromatic carbocycles. The number of fused-ring (bicyclic) bond motifs is 1. The number of benzene rings is 2. The Kier molecular flexibility index (Phi) is 8.52. The Morgan fingerprint density at radius 2 is 1.75 bits per heavy atom. The van der Waals surface area contributed by atoms with E-state index in [1.807, 2.05) is 0 Å². The molecule has 1 atom stereocenters. The first-order chi connectivity index (χ1) is 17.4. The minimum absolute atomic E-state index is 0.0460. The van der Waals surface area contributed by atoms with Crippen molar-refractivity contribution in [3.8, 4) is 11.5 Å². The van der Waals surface area contributed by atoms with E-state index in [1.54, 1.807) is 18.2 Å². The van der Waals surface area contributed by atoms with Gasteiger partial charge in [0.05, 0.1) is 0 Å². The van der Waals surface area contributed by atoms with Gasteiger partial charge < -0.3 is 25.0 Å². The molecule has 36 heavy (non-hydrogen) atoms. The maximum absolute atomic E-state index is 13.9. The summed E-state index contributed by atoms with van der Waals surface area (Å²) in [7, 11) is -1.86. The second-order valence-electron chi connectivity index (χ2n) is 8.71. The first-order valence-corrected chi connectivity index (χ1v) is 13.3.